The lowest BCUT2D eigenvalue weighted by atomic mass is 10.2. The van der Waals surface area contributed by atoms with Crippen molar-refractivity contribution in [1.29, 1.82) is 0 Å². The number of benzene rings is 2. The van der Waals surface area contributed by atoms with E-state index in [1.165, 1.54) is 0 Å². The number of rotatable bonds is 4. The molecular formula is C14H8Br2Cl2O2. The van der Waals surface area contributed by atoms with Crippen LogP contribution in [-0.4, -0.2) is 6.29 Å². The first-order valence-corrected chi connectivity index (χ1v) is 7.86. The number of aldehydes is 1. The van der Waals surface area contributed by atoms with Crippen molar-refractivity contribution in [1.82, 2.24) is 0 Å². The van der Waals surface area contributed by atoms with Gasteiger partial charge >= 0.3 is 0 Å². The summed E-state index contributed by atoms with van der Waals surface area (Å²) in [7, 11) is 0. The highest BCUT2D eigenvalue weighted by Crippen LogP contribution is 2.35. The predicted molar refractivity (Wildman–Crippen MR) is 88.0 cm³/mol. The minimum atomic E-state index is 0.299. The van der Waals surface area contributed by atoms with Crippen molar-refractivity contribution in [2.45, 2.75) is 6.61 Å². The molecule has 2 rings (SSSR count). The summed E-state index contributed by atoms with van der Waals surface area (Å²) in [5.41, 5.74) is 1.38. The Hall–Kier alpha value is -0.550. The molecule has 0 heterocycles. The van der Waals surface area contributed by atoms with Gasteiger partial charge in [-0.1, -0.05) is 29.3 Å². The first kappa shape index (κ1) is 15.8. The van der Waals surface area contributed by atoms with Gasteiger partial charge in [0.05, 0.1) is 8.95 Å². The summed E-state index contributed by atoms with van der Waals surface area (Å²) < 4.78 is 7.12. The molecule has 20 heavy (non-hydrogen) atoms. The number of ether oxygens (including phenoxy) is 1. The van der Waals surface area contributed by atoms with E-state index in [1.54, 1.807) is 24.3 Å². The van der Waals surface area contributed by atoms with E-state index >= 15 is 0 Å². The second-order valence-corrected chi connectivity index (χ2v) is 6.51. The molecule has 0 aliphatic carbocycles. The third kappa shape index (κ3) is 3.76. The van der Waals surface area contributed by atoms with Crippen molar-refractivity contribution in [3.8, 4) is 5.75 Å². The van der Waals surface area contributed by atoms with Crippen LogP contribution in [0.2, 0.25) is 10.0 Å². The third-order valence-electron chi connectivity index (χ3n) is 2.54. The number of hydrogen-bond acceptors (Lipinski definition) is 2. The van der Waals surface area contributed by atoms with Gasteiger partial charge in [-0.2, -0.15) is 0 Å². The Morgan fingerprint density at radius 3 is 2.30 bits per heavy atom. The number of carbonyl (C=O) groups is 1. The zero-order valence-corrected chi connectivity index (χ0v) is 14.7. The predicted octanol–water partition coefficient (Wildman–Crippen LogP) is 5.91. The van der Waals surface area contributed by atoms with Gasteiger partial charge in [0.15, 0.2) is 0 Å². The maximum atomic E-state index is 10.8. The Morgan fingerprint density at radius 1 is 1.10 bits per heavy atom. The molecule has 0 atom stereocenters. The summed E-state index contributed by atoms with van der Waals surface area (Å²) in [5.74, 6) is 0.613. The van der Waals surface area contributed by atoms with Crippen LogP contribution >= 0.6 is 55.1 Å². The molecule has 0 unspecified atom stereocenters. The summed E-state index contributed by atoms with van der Waals surface area (Å²) in [5, 5.41) is 1.13. The van der Waals surface area contributed by atoms with Crippen molar-refractivity contribution in [3.63, 3.8) is 0 Å². The molecule has 0 radical (unpaired) electrons. The van der Waals surface area contributed by atoms with Crippen LogP contribution in [0.1, 0.15) is 15.9 Å². The summed E-state index contributed by atoms with van der Waals surface area (Å²) in [6.45, 7) is 0.299. The minimum absolute atomic E-state index is 0.299. The Bertz CT molecular complexity index is 637. The van der Waals surface area contributed by atoms with Crippen molar-refractivity contribution in [2.75, 3.05) is 0 Å². The zero-order valence-electron chi connectivity index (χ0n) is 10.00. The minimum Gasteiger partial charge on any atom is -0.486 e. The molecule has 0 bridgehead atoms. The van der Waals surface area contributed by atoms with Gasteiger partial charge in [0.25, 0.3) is 0 Å². The van der Waals surface area contributed by atoms with E-state index in [1.807, 2.05) is 6.07 Å². The maximum Gasteiger partial charge on any atom is 0.150 e. The molecule has 0 N–H and O–H groups in total. The van der Waals surface area contributed by atoms with Gasteiger partial charge in [0.2, 0.25) is 0 Å². The van der Waals surface area contributed by atoms with Crippen LogP contribution in [0.25, 0.3) is 0 Å². The van der Waals surface area contributed by atoms with Gasteiger partial charge in [-0.15, -0.1) is 0 Å². The fraction of sp³-hybridized carbons (Fsp3) is 0.0714. The van der Waals surface area contributed by atoms with E-state index in [9.17, 15) is 4.79 Å². The molecule has 2 aromatic carbocycles. The lowest BCUT2D eigenvalue weighted by Gasteiger charge is -2.12. The van der Waals surface area contributed by atoms with Crippen LogP contribution in [0, 0.1) is 0 Å². The summed E-state index contributed by atoms with van der Waals surface area (Å²) in [6, 6.07) is 8.62. The summed E-state index contributed by atoms with van der Waals surface area (Å²) in [4.78, 5) is 10.8. The molecule has 2 nitrogen and oxygen atoms in total. The van der Waals surface area contributed by atoms with E-state index in [2.05, 4.69) is 31.9 Å². The largest absolute Gasteiger partial charge is 0.486 e. The standard InChI is InChI=1S/C14H8Br2Cl2O2/c15-11-3-8(6-19)4-12(16)14(11)20-7-9-1-2-10(17)5-13(9)18/h1-6H,7H2. The second kappa shape index (κ2) is 6.94. The first-order chi connectivity index (χ1) is 9.51. The Kier molecular flexibility index (Phi) is 5.49. The van der Waals surface area contributed by atoms with Crippen LogP contribution in [0.15, 0.2) is 39.3 Å². The molecule has 0 saturated heterocycles. The van der Waals surface area contributed by atoms with Gasteiger partial charge in [-0.3, -0.25) is 4.79 Å². The van der Waals surface area contributed by atoms with Crippen molar-refractivity contribution >= 4 is 61.3 Å². The summed E-state index contributed by atoms with van der Waals surface area (Å²) >= 11 is 18.7. The van der Waals surface area contributed by atoms with Crippen molar-refractivity contribution < 1.29 is 9.53 Å². The van der Waals surface area contributed by atoms with Crippen LogP contribution in [0.3, 0.4) is 0 Å². The fourth-order valence-corrected chi connectivity index (χ4v) is 3.49. The van der Waals surface area contributed by atoms with Gasteiger partial charge < -0.3 is 4.74 Å². The van der Waals surface area contributed by atoms with E-state index in [-0.39, 0.29) is 0 Å². The highest BCUT2D eigenvalue weighted by atomic mass is 79.9. The molecule has 0 aliphatic heterocycles. The quantitative estimate of drug-likeness (QED) is 0.555. The number of hydrogen-bond donors (Lipinski definition) is 0. The zero-order chi connectivity index (χ0) is 14.7. The Morgan fingerprint density at radius 2 is 1.75 bits per heavy atom. The molecule has 0 amide bonds. The molecule has 2 aromatic rings. The average molecular weight is 439 g/mol. The lowest BCUT2D eigenvalue weighted by Crippen LogP contribution is -1.98. The monoisotopic (exact) mass is 436 g/mol. The van der Waals surface area contributed by atoms with Gasteiger partial charge in [0, 0.05) is 21.2 Å². The van der Waals surface area contributed by atoms with Crippen LogP contribution in [-0.2, 0) is 6.61 Å². The number of halogens is 4. The van der Waals surface area contributed by atoms with Gasteiger partial charge in [-0.25, -0.2) is 0 Å². The molecule has 0 spiro atoms. The second-order valence-electron chi connectivity index (χ2n) is 3.96. The lowest BCUT2D eigenvalue weighted by molar-refractivity contribution is 0.112. The molecule has 0 aromatic heterocycles. The van der Waals surface area contributed by atoms with Crippen LogP contribution in [0.4, 0.5) is 0 Å². The van der Waals surface area contributed by atoms with Crippen molar-refractivity contribution in [3.05, 3.63) is 60.4 Å². The number of carbonyl (C=O) groups excluding carboxylic acids is 1. The Balaban J connectivity index is 2.21. The molecule has 104 valence electrons. The third-order valence-corrected chi connectivity index (χ3v) is 4.31. The molecule has 0 fully saturated rings. The highest BCUT2D eigenvalue weighted by Gasteiger charge is 2.10. The highest BCUT2D eigenvalue weighted by molar-refractivity contribution is 9.11. The van der Waals surface area contributed by atoms with Crippen molar-refractivity contribution in [2.24, 2.45) is 0 Å². The molecule has 0 saturated carbocycles. The van der Waals surface area contributed by atoms with Gasteiger partial charge in [-0.05, 0) is 56.1 Å². The van der Waals surface area contributed by atoms with E-state index in [0.717, 1.165) is 11.8 Å². The smallest absolute Gasteiger partial charge is 0.150 e. The van der Waals surface area contributed by atoms with E-state index in [0.29, 0.717) is 36.9 Å². The molecule has 6 heteroatoms. The van der Waals surface area contributed by atoms with Crippen LogP contribution in [0.5, 0.6) is 5.75 Å². The SMILES string of the molecule is O=Cc1cc(Br)c(OCc2ccc(Cl)cc2Cl)c(Br)c1. The van der Waals surface area contributed by atoms with E-state index < -0.39 is 0 Å². The Labute approximate surface area is 143 Å². The first-order valence-electron chi connectivity index (χ1n) is 5.52. The fourth-order valence-electron chi connectivity index (χ4n) is 1.57. The molecular weight excluding hydrogens is 431 g/mol. The van der Waals surface area contributed by atoms with Crippen LogP contribution < -0.4 is 4.74 Å². The van der Waals surface area contributed by atoms with Gasteiger partial charge in [0.1, 0.15) is 18.6 Å². The molecule has 0 aliphatic rings. The maximum absolute atomic E-state index is 10.8. The van der Waals surface area contributed by atoms with E-state index in [4.69, 9.17) is 27.9 Å². The normalized spacial score (nSPS) is 10.4. The summed E-state index contributed by atoms with van der Waals surface area (Å²) in [6.07, 6.45) is 0.773. The topological polar surface area (TPSA) is 26.3 Å². The average Bonchev–Trinajstić information content (AvgIpc) is 2.39.